The van der Waals surface area contributed by atoms with E-state index < -0.39 is 5.97 Å². The van der Waals surface area contributed by atoms with Crippen molar-refractivity contribution in [3.63, 3.8) is 0 Å². The van der Waals surface area contributed by atoms with Crippen LogP contribution in [0.15, 0.2) is 46.9 Å². The van der Waals surface area contributed by atoms with Crippen LogP contribution in [0.4, 0.5) is 5.69 Å². The predicted molar refractivity (Wildman–Crippen MR) is 99.4 cm³/mol. The second-order valence-corrected chi connectivity index (χ2v) is 6.33. The fourth-order valence-electron chi connectivity index (χ4n) is 2.40. The molecule has 1 heterocycles. The number of nitrogens with one attached hydrogen (secondary N) is 1. The molecule has 0 aliphatic carbocycles. The summed E-state index contributed by atoms with van der Waals surface area (Å²) < 4.78 is 10.5. The van der Waals surface area contributed by atoms with E-state index >= 15 is 0 Å². The van der Waals surface area contributed by atoms with E-state index in [1.807, 2.05) is 0 Å². The van der Waals surface area contributed by atoms with E-state index in [9.17, 15) is 14.4 Å². The van der Waals surface area contributed by atoms with E-state index in [-0.39, 0.29) is 18.3 Å². The Labute approximate surface area is 157 Å². The number of hydrogen-bond donors (Lipinski definition) is 1. The van der Waals surface area contributed by atoms with Crippen molar-refractivity contribution < 1.29 is 23.9 Å². The van der Waals surface area contributed by atoms with Crippen molar-refractivity contribution in [1.82, 2.24) is 0 Å². The molecule has 3 rings (SSSR count). The number of hydrogen-bond acceptors (Lipinski definition) is 5. The second kappa shape index (κ2) is 7.53. The molecule has 1 N–H and O–H groups in total. The number of amides is 1. The third kappa shape index (κ3) is 3.83. The van der Waals surface area contributed by atoms with Crippen molar-refractivity contribution in [3.8, 4) is 5.75 Å². The zero-order valence-corrected chi connectivity index (χ0v) is 15.3. The van der Waals surface area contributed by atoms with Gasteiger partial charge >= 0.3 is 5.97 Å². The first kappa shape index (κ1) is 17.9. The van der Waals surface area contributed by atoms with Gasteiger partial charge in [0.05, 0.1) is 18.4 Å². The molecule has 1 amide bonds. The Morgan fingerprint density at radius 2 is 1.96 bits per heavy atom. The van der Waals surface area contributed by atoms with Gasteiger partial charge in [0.25, 0.3) is 5.91 Å². The molecule has 0 spiro atoms. The summed E-state index contributed by atoms with van der Waals surface area (Å²) in [6.45, 7) is -0.0787. The predicted octanol–water partition coefficient (Wildman–Crippen LogP) is 3.46. The van der Waals surface area contributed by atoms with Crippen LogP contribution in [0.5, 0.6) is 5.75 Å². The minimum atomic E-state index is -0.415. The van der Waals surface area contributed by atoms with Crippen LogP contribution in [0.3, 0.4) is 0 Å². The molecule has 7 heteroatoms. The highest BCUT2D eigenvalue weighted by Crippen LogP contribution is 2.34. The lowest BCUT2D eigenvalue weighted by Crippen LogP contribution is -2.25. The van der Waals surface area contributed by atoms with E-state index in [4.69, 9.17) is 4.74 Å². The molecule has 2 aromatic rings. The highest BCUT2D eigenvalue weighted by atomic mass is 79.9. The first-order valence-corrected chi connectivity index (χ1v) is 8.44. The van der Waals surface area contributed by atoms with E-state index in [0.29, 0.717) is 27.0 Å². The van der Waals surface area contributed by atoms with Gasteiger partial charge < -0.3 is 14.8 Å². The number of methoxy groups -OCH3 is 1. The van der Waals surface area contributed by atoms with Gasteiger partial charge in [0.15, 0.2) is 12.4 Å². The molecule has 132 valence electrons. The maximum atomic E-state index is 12.5. The van der Waals surface area contributed by atoms with E-state index in [1.54, 1.807) is 42.5 Å². The topological polar surface area (TPSA) is 81.7 Å². The Kier molecular flexibility index (Phi) is 5.18. The van der Waals surface area contributed by atoms with Gasteiger partial charge in [-0.15, -0.1) is 0 Å². The van der Waals surface area contributed by atoms with Crippen molar-refractivity contribution in [2.75, 3.05) is 19.0 Å². The number of carbonyl (C=O) groups is 3. The van der Waals surface area contributed by atoms with E-state index in [2.05, 4.69) is 26.0 Å². The van der Waals surface area contributed by atoms with Crippen molar-refractivity contribution in [3.05, 3.63) is 63.6 Å². The number of allylic oxidation sites excluding steroid dienone is 1. The van der Waals surface area contributed by atoms with E-state index in [1.165, 1.54) is 13.2 Å². The summed E-state index contributed by atoms with van der Waals surface area (Å²) in [4.78, 5) is 35.2. The van der Waals surface area contributed by atoms with Crippen molar-refractivity contribution in [2.45, 2.75) is 0 Å². The molecular weight excluding hydrogens is 402 g/mol. The van der Waals surface area contributed by atoms with Gasteiger partial charge in [-0.05, 0) is 51.8 Å². The molecule has 0 aromatic heterocycles. The largest absolute Gasteiger partial charge is 0.482 e. The quantitative estimate of drug-likeness (QED) is 0.469. The average Bonchev–Trinajstić information content (AvgIpc) is 2.65. The molecule has 0 saturated heterocycles. The highest BCUT2D eigenvalue weighted by molar-refractivity contribution is 9.10. The van der Waals surface area contributed by atoms with E-state index in [0.717, 1.165) is 5.56 Å². The summed E-state index contributed by atoms with van der Waals surface area (Å²) in [7, 11) is 1.32. The summed E-state index contributed by atoms with van der Waals surface area (Å²) >= 11 is 3.34. The lowest BCUT2D eigenvalue weighted by molar-refractivity contribution is -0.118. The van der Waals surface area contributed by atoms with Crippen LogP contribution in [-0.4, -0.2) is 31.4 Å². The fourth-order valence-corrected chi connectivity index (χ4v) is 2.94. The third-order valence-electron chi connectivity index (χ3n) is 3.73. The maximum absolute atomic E-state index is 12.5. The number of halogens is 1. The third-order valence-corrected chi connectivity index (χ3v) is 4.38. The van der Waals surface area contributed by atoms with Crippen molar-refractivity contribution >= 4 is 45.4 Å². The van der Waals surface area contributed by atoms with Gasteiger partial charge in [0, 0.05) is 10.0 Å². The maximum Gasteiger partial charge on any atom is 0.337 e. The molecule has 0 bridgehead atoms. The molecule has 0 unspecified atom stereocenters. The van der Waals surface area contributed by atoms with Gasteiger partial charge in [-0.3, -0.25) is 9.59 Å². The molecule has 6 nitrogen and oxygen atoms in total. The number of benzene rings is 2. The van der Waals surface area contributed by atoms with Crippen LogP contribution in [0.1, 0.15) is 26.3 Å². The number of ketones is 1. The summed E-state index contributed by atoms with van der Waals surface area (Å²) in [5.41, 5.74) is 2.14. The van der Waals surface area contributed by atoms with Crippen LogP contribution in [0.25, 0.3) is 6.08 Å². The number of anilines is 1. The van der Waals surface area contributed by atoms with Crippen LogP contribution in [0.2, 0.25) is 0 Å². The minimum Gasteiger partial charge on any atom is -0.482 e. The molecular formula is C19H14BrNO5. The molecule has 26 heavy (non-hydrogen) atoms. The summed E-state index contributed by atoms with van der Waals surface area (Å²) in [5, 5.41) is 2.68. The van der Waals surface area contributed by atoms with Crippen LogP contribution in [0, 0.1) is 0 Å². The van der Waals surface area contributed by atoms with Gasteiger partial charge in [0.1, 0.15) is 5.75 Å². The number of rotatable bonds is 4. The Balaban J connectivity index is 1.78. The number of fused-ring (bicyclic) bond motifs is 1. The Morgan fingerprint density at radius 1 is 1.23 bits per heavy atom. The molecule has 0 saturated carbocycles. The molecule has 0 atom stereocenters. The summed E-state index contributed by atoms with van der Waals surface area (Å²) in [6.07, 6.45) is 3.08. The number of ether oxygens (including phenoxy) is 2. The smallest absolute Gasteiger partial charge is 0.337 e. The molecule has 1 aliphatic rings. The monoisotopic (exact) mass is 415 g/mol. The van der Waals surface area contributed by atoms with Crippen molar-refractivity contribution in [2.24, 2.45) is 0 Å². The first-order chi connectivity index (χ1) is 12.5. The first-order valence-electron chi connectivity index (χ1n) is 7.65. The lowest BCUT2D eigenvalue weighted by Gasteiger charge is -2.19. The SMILES string of the molecule is COC(=O)c1ccc(C=CC(=O)c2cc3c(cc2Br)NC(=O)CO3)cc1. The standard InChI is InChI=1S/C19H14BrNO5/c1-25-19(24)12-5-2-11(3-6-12)4-7-16(22)13-8-17-15(9-14(13)20)21-18(23)10-26-17/h2-9H,10H2,1H3,(H,21,23). The zero-order valence-electron chi connectivity index (χ0n) is 13.7. The number of esters is 1. The van der Waals surface area contributed by atoms with Gasteiger partial charge in [0.2, 0.25) is 0 Å². The molecule has 2 aromatic carbocycles. The Bertz CT molecular complexity index is 918. The molecule has 0 fully saturated rings. The van der Waals surface area contributed by atoms with Crippen LogP contribution < -0.4 is 10.1 Å². The van der Waals surface area contributed by atoms with Gasteiger partial charge in [-0.25, -0.2) is 4.79 Å². The lowest BCUT2D eigenvalue weighted by atomic mass is 10.1. The minimum absolute atomic E-state index is 0.0787. The fraction of sp³-hybridized carbons (Fsp3) is 0.105. The van der Waals surface area contributed by atoms with Gasteiger partial charge in [-0.2, -0.15) is 0 Å². The molecule has 0 radical (unpaired) electrons. The summed E-state index contributed by atoms with van der Waals surface area (Å²) in [5.74, 6) is -0.426. The highest BCUT2D eigenvalue weighted by Gasteiger charge is 2.19. The zero-order chi connectivity index (χ0) is 18.7. The second-order valence-electron chi connectivity index (χ2n) is 5.48. The van der Waals surface area contributed by atoms with Gasteiger partial charge in [-0.1, -0.05) is 18.2 Å². The van der Waals surface area contributed by atoms with Crippen molar-refractivity contribution in [1.29, 1.82) is 0 Å². The Morgan fingerprint density at radius 3 is 2.65 bits per heavy atom. The average molecular weight is 416 g/mol. The van der Waals surface area contributed by atoms with Crippen LogP contribution in [-0.2, 0) is 9.53 Å². The number of carbonyl (C=O) groups excluding carboxylic acids is 3. The normalized spacial score (nSPS) is 12.9. The van der Waals surface area contributed by atoms with Crippen LogP contribution >= 0.6 is 15.9 Å². The summed E-state index contributed by atoms with van der Waals surface area (Å²) in [6, 6.07) is 9.92. The molecule has 1 aliphatic heterocycles. The Hall–Kier alpha value is -2.93.